The number of amides is 1. The van der Waals surface area contributed by atoms with Crippen LogP contribution >= 0.6 is 11.3 Å². The van der Waals surface area contributed by atoms with Crippen LogP contribution < -0.4 is 4.90 Å². The summed E-state index contributed by atoms with van der Waals surface area (Å²) in [7, 11) is 4.08. The summed E-state index contributed by atoms with van der Waals surface area (Å²) in [4.78, 5) is 31.0. The highest BCUT2D eigenvalue weighted by Gasteiger charge is 2.22. The molecule has 4 aromatic rings. The third-order valence-corrected chi connectivity index (χ3v) is 6.32. The molecule has 0 fully saturated rings. The van der Waals surface area contributed by atoms with Gasteiger partial charge in [-0.2, -0.15) is 0 Å². The molecule has 0 aliphatic heterocycles. The molecule has 30 heavy (non-hydrogen) atoms. The van der Waals surface area contributed by atoms with Gasteiger partial charge in [0.05, 0.1) is 21.3 Å². The molecular weight excluding hydrogens is 394 g/mol. The van der Waals surface area contributed by atoms with E-state index in [0.29, 0.717) is 17.6 Å². The average molecular weight is 420 g/mol. The Kier molecular flexibility index (Phi) is 5.74. The monoisotopic (exact) mass is 419 g/mol. The van der Waals surface area contributed by atoms with Crippen molar-refractivity contribution in [3.8, 4) is 0 Å². The van der Waals surface area contributed by atoms with Crippen LogP contribution in [0.25, 0.3) is 21.3 Å². The van der Waals surface area contributed by atoms with Crippen molar-refractivity contribution < 1.29 is 4.79 Å². The van der Waals surface area contributed by atoms with Crippen LogP contribution in [0.1, 0.15) is 27.9 Å². The lowest BCUT2D eigenvalue weighted by molar-refractivity contribution is 0.0986. The Balaban J connectivity index is 1.74. The molecule has 2 heterocycles. The number of rotatable bonds is 6. The molecule has 0 saturated heterocycles. The fourth-order valence-corrected chi connectivity index (χ4v) is 4.58. The quantitative estimate of drug-likeness (QED) is 0.462. The predicted molar refractivity (Wildman–Crippen MR) is 123 cm³/mol. The summed E-state index contributed by atoms with van der Waals surface area (Å²) in [5.41, 5.74) is 5.37. The zero-order chi connectivity index (χ0) is 21.3. The summed E-state index contributed by atoms with van der Waals surface area (Å²) in [6.45, 7) is 5.65. The van der Waals surface area contributed by atoms with Gasteiger partial charge in [-0.1, -0.05) is 23.5 Å². The molecule has 0 atom stereocenters. The number of hydrogen-bond donors (Lipinski definition) is 0. The molecule has 0 bridgehead atoms. The third kappa shape index (κ3) is 4.04. The van der Waals surface area contributed by atoms with E-state index in [-0.39, 0.29) is 5.91 Å². The van der Waals surface area contributed by atoms with Crippen LogP contribution in [0.2, 0.25) is 0 Å². The molecule has 2 aromatic carbocycles. The molecule has 0 aliphatic carbocycles. The molecule has 0 unspecified atom stereocenters. The number of benzene rings is 2. The maximum Gasteiger partial charge on any atom is 0.260 e. The smallest absolute Gasteiger partial charge is 0.260 e. The number of thiazole rings is 1. The highest BCUT2D eigenvalue weighted by atomic mass is 32.1. The van der Waals surface area contributed by atoms with Gasteiger partial charge in [-0.3, -0.25) is 19.7 Å². The van der Waals surface area contributed by atoms with Gasteiger partial charge >= 0.3 is 0 Å². The number of aromatic nitrogens is 3. The molecular formula is C23H25N5OS. The van der Waals surface area contributed by atoms with Gasteiger partial charge in [0.1, 0.15) is 0 Å². The molecule has 154 valence electrons. The second kappa shape index (κ2) is 8.45. The van der Waals surface area contributed by atoms with E-state index < -0.39 is 0 Å². The normalized spacial score (nSPS) is 11.5. The zero-order valence-corrected chi connectivity index (χ0v) is 18.5. The van der Waals surface area contributed by atoms with Crippen LogP contribution in [-0.2, 0) is 0 Å². The molecule has 0 radical (unpaired) electrons. The van der Waals surface area contributed by atoms with Gasteiger partial charge < -0.3 is 4.90 Å². The van der Waals surface area contributed by atoms with Gasteiger partial charge in [0.15, 0.2) is 5.13 Å². The Morgan fingerprint density at radius 1 is 0.967 bits per heavy atom. The van der Waals surface area contributed by atoms with Gasteiger partial charge in [0, 0.05) is 24.5 Å². The average Bonchev–Trinajstić information content (AvgIpc) is 3.19. The number of carbonyl (C=O) groups is 1. The van der Waals surface area contributed by atoms with Crippen molar-refractivity contribution >= 4 is 43.6 Å². The summed E-state index contributed by atoms with van der Waals surface area (Å²) >= 11 is 1.58. The van der Waals surface area contributed by atoms with Crippen LogP contribution in [0, 0.1) is 13.8 Å². The fraction of sp³-hybridized carbons (Fsp3) is 0.304. The van der Waals surface area contributed by atoms with Gasteiger partial charge in [-0.05, 0) is 70.2 Å². The lowest BCUT2D eigenvalue weighted by Gasteiger charge is -2.21. The van der Waals surface area contributed by atoms with Crippen LogP contribution in [0.4, 0.5) is 5.13 Å². The molecule has 2 aromatic heterocycles. The first-order valence-corrected chi connectivity index (χ1v) is 10.8. The minimum absolute atomic E-state index is 0.0596. The van der Waals surface area contributed by atoms with Crippen molar-refractivity contribution in [1.82, 2.24) is 19.9 Å². The first-order valence-electron chi connectivity index (χ1n) is 9.98. The van der Waals surface area contributed by atoms with Crippen molar-refractivity contribution in [2.75, 3.05) is 32.1 Å². The van der Waals surface area contributed by atoms with Gasteiger partial charge in [0.25, 0.3) is 5.91 Å². The summed E-state index contributed by atoms with van der Waals surface area (Å²) < 4.78 is 1.14. The Bertz CT molecular complexity index is 1180. The minimum Gasteiger partial charge on any atom is -0.309 e. The van der Waals surface area contributed by atoms with Gasteiger partial charge in [0.2, 0.25) is 0 Å². The van der Waals surface area contributed by atoms with E-state index >= 15 is 0 Å². The molecule has 7 heteroatoms. The SMILES string of the molecule is Cc1ccc(C)c2sc(N(CCCN(C)C)C(=O)c3ccc4nccnc4c3)nc12. The standard InChI is InChI=1S/C23H25N5OS/c1-15-6-7-16(2)21-20(15)26-23(30-21)28(13-5-12-27(3)4)22(29)17-8-9-18-19(14-17)25-11-10-24-18/h6-11,14H,5,12-13H2,1-4H3. The largest absolute Gasteiger partial charge is 0.309 e. The molecule has 0 spiro atoms. The van der Waals surface area contributed by atoms with Crippen molar-refractivity contribution in [3.05, 3.63) is 59.4 Å². The van der Waals surface area contributed by atoms with Crippen LogP contribution in [0.3, 0.4) is 0 Å². The maximum atomic E-state index is 13.5. The number of carbonyl (C=O) groups excluding carboxylic acids is 1. The highest BCUT2D eigenvalue weighted by Crippen LogP contribution is 2.34. The molecule has 0 N–H and O–H groups in total. The van der Waals surface area contributed by atoms with Crippen LogP contribution in [0.5, 0.6) is 0 Å². The number of aryl methyl sites for hydroxylation is 2. The topological polar surface area (TPSA) is 62.2 Å². The Hall–Kier alpha value is -2.90. The van der Waals surface area contributed by atoms with Gasteiger partial charge in [-0.25, -0.2) is 4.98 Å². The number of fused-ring (bicyclic) bond motifs is 2. The van der Waals surface area contributed by atoms with Crippen molar-refractivity contribution in [3.63, 3.8) is 0 Å². The Labute approximate surface area is 180 Å². The minimum atomic E-state index is -0.0596. The maximum absolute atomic E-state index is 13.5. The van der Waals surface area contributed by atoms with E-state index in [1.54, 1.807) is 23.7 Å². The summed E-state index contributed by atoms with van der Waals surface area (Å²) in [5.74, 6) is -0.0596. The second-order valence-corrected chi connectivity index (χ2v) is 8.72. The molecule has 4 rings (SSSR count). The second-order valence-electron chi connectivity index (χ2n) is 7.75. The number of anilines is 1. The van der Waals surface area contributed by atoms with Crippen molar-refractivity contribution in [2.24, 2.45) is 0 Å². The van der Waals surface area contributed by atoms with E-state index in [4.69, 9.17) is 4.98 Å². The highest BCUT2D eigenvalue weighted by molar-refractivity contribution is 7.22. The summed E-state index contributed by atoms with van der Waals surface area (Å²) in [6.07, 6.45) is 4.16. The Morgan fingerprint density at radius 2 is 1.70 bits per heavy atom. The zero-order valence-electron chi connectivity index (χ0n) is 17.7. The lowest BCUT2D eigenvalue weighted by Crippen LogP contribution is -2.33. The van der Waals surface area contributed by atoms with Crippen molar-refractivity contribution in [1.29, 1.82) is 0 Å². The van der Waals surface area contributed by atoms with Gasteiger partial charge in [-0.15, -0.1) is 0 Å². The molecule has 1 amide bonds. The molecule has 6 nitrogen and oxygen atoms in total. The van der Waals surface area contributed by atoms with E-state index in [1.165, 1.54) is 5.56 Å². The van der Waals surface area contributed by atoms with Crippen LogP contribution in [0.15, 0.2) is 42.7 Å². The van der Waals surface area contributed by atoms with Crippen LogP contribution in [-0.4, -0.2) is 52.9 Å². The third-order valence-electron chi connectivity index (χ3n) is 5.11. The Morgan fingerprint density at radius 3 is 2.43 bits per heavy atom. The summed E-state index contributed by atoms with van der Waals surface area (Å²) in [6, 6.07) is 9.68. The van der Waals surface area contributed by atoms with E-state index in [2.05, 4.69) is 40.8 Å². The molecule has 0 saturated carbocycles. The van der Waals surface area contributed by atoms with Crippen molar-refractivity contribution in [2.45, 2.75) is 20.3 Å². The first kappa shape index (κ1) is 20.4. The fourth-order valence-electron chi connectivity index (χ4n) is 3.44. The lowest BCUT2D eigenvalue weighted by atomic mass is 10.1. The first-order chi connectivity index (χ1) is 14.4. The molecule has 0 aliphatic rings. The predicted octanol–water partition coefficient (Wildman–Crippen LogP) is 4.45. The van der Waals surface area contributed by atoms with E-state index in [9.17, 15) is 4.79 Å². The van der Waals surface area contributed by atoms with E-state index in [0.717, 1.165) is 39.4 Å². The summed E-state index contributed by atoms with van der Waals surface area (Å²) in [5, 5.41) is 0.741. The van der Waals surface area contributed by atoms with E-state index in [1.807, 2.05) is 37.2 Å². The number of nitrogens with zero attached hydrogens (tertiary/aromatic N) is 5. The number of hydrogen-bond acceptors (Lipinski definition) is 6.